The molecule has 0 radical (unpaired) electrons. The van der Waals surface area contributed by atoms with Crippen LogP contribution in [-0.2, 0) is 20.9 Å². The van der Waals surface area contributed by atoms with Gasteiger partial charge in [-0.25, -0.2) is 4.98 Å². The van der Waals surface area contributed by atoms with E-state index in [0.29, 0.717) is 50.4 Å². The fourth-order valence-corrected chi connectivity index (χ4v) is 6.51. The van der Waals surface area contributed by atoms with E-state index in [9.17, 15) is 19.2 Å². The Hall–Kier alpha value is -5.13. The van der Waals surface area contributed by atoms with Crippen molar-refractivity contribution in [1.82, 2.24) is 34.9 Å². The summed E-state index contributed by atoms with van der Waals surface area (Å²) in [6.07, 6.45) is 9.81. The molecule has 12 heteroatoms. The van der Waals surface area contributed by atoms with Crippen LogP contribution >= 0.6 is 0 Å². The Balaban J connectivity index is 0.834. The zero-order chi connectivity index (χ0) is 31.6. The third kappa shape index (κ3) is 6.07. The first kappa shape index (κ1) is 29.6. The number of nitrogens with zero attached hydrogens (tertiary/aromatic N) is 6. The number of piperidine rings is 2. The summed E-state index contributed by atoms with van der Waals surface area (Å²) < 4.78 is 7.92. The van der Waals surface area contributed by atoms with Gasteiger partial charge in [-0.2, -0.15) is 5.10 Å². The molecule has 4 amide bonds. The molecule has 3 aliphatic heterocycles. The number of hydrogen-bond donors (Lipinski definition) is 1. The molecule has 236 valence electrons. The summed E-state index contributed by atoms with van der Waals surface area (Å²) in [6, 6.07) is 12.7. The number of benzene rings is 2. The standard InChI is InChI=1S/C34H35N7O5/c42-31-11-10-30(33(44)38-31)40-20-22-17-25(8-9-26(22)34(40)45)46-16-4-3-7-32(43)39-14-12-24(13-15-39)41-21-23(18-36-41)29-19-35-27-5-1-2-6-28(27)37-29/h1-2,5-6,8-9,17-19,21,24,30H,3-4,7,10-16,20H2,(H,38,42,44). The van der Waals surface area contributed by atoms with Crippen LogP contribution in [0.4, 0.5) is 0 Å². The molecule has 2 saturated heterocycles. The number of carbonyl (C=O) groups is 4. The molecule has 2 aromatic heterocycles. The Morgan fingerprint density at radius 2 is 1.80 bits per heavy atom. The van der Waals surface area contributed by atoms with Crippen molar-refractivity contribution >= 4 is 34.7 Å². The van der Waals surface area contributed by atoms with Crippen molar-refractivity contribution in [2.75, 3.05) is 19.7 Å². The number of nitrogens with one attached hydrogen (secondary N) is 1. The highest BCUT2D eigenvalue weighted by atomic mass is 16.5. The molecule has 0 aliphatic carbocycles. The molecule has 2 aromatic carbocycles. The number of aromatic nitrogens is 4. The fourth-order valence-electron chi connectivity index (χ4n) is 6.51. The SMILES string of the molecule is O=C1CCC(N2Cc3cc(OCCCCC(=O)N4CCC(n5cc(-c6cnc7ccccc7n6)cn5)CC4)ccc3C2=O)C(=O)N1. The maximum Gasteiger partial charge on any atom is 0.255 e. The van der Waals surface area contributed by atoms with Crippen molar-refractivity contribution in [1.29, 1.82) is 0 Å². The first-order valence-corrected chi connectivity index (χ1v) is 15.9. The number of amides is 4. The lowest BCUT2D eigenvalue weighted by Gasteiger charge is -2.32. The van der Waals surface area contributed by atoms with Gasteiger partial charge in [-0.05, 0) is 68.0 Å². The van der Waals surface area contributed by atoms with Crippen molar-refractivity contribution in [2.45, 2.75) is 63.6 Å². The normalized spacial score (nSPS) is 18.6. The quantitative estimate of drug-likeness (QED) is 0.221. The van der Waals surface area contributed by atoms with Crippen LogP contribution in [0.2, 0.25) is 0 Å². The highest BCUT2D eigenvalue weighted by Crippen LogP contribution is 2.30. The fraction of sp³-hybridized carbons (Fsp3) is 0.382. The smallest absolute Gasteiger partial charge is 0.255 e. The van der Waals surface area contributed by atoms with Gasteiger partial charge in [-0.3, -0.25) is 34.2 Å². The zero-order valence-corrected chi connectivity index (χ0v) is 25.4. The summed E-state index contributed by atoms with van der Waals surface area (Å²) in [5, 5.41) is 6.92. The number of ether oxygens (including phenoxy) is 1. The molecule has 7 rings (SSSR count). The van der Waals surface area contributed by atoms with Crippen LogP contribution in [0, 0.1) is 0 Å². The number of para-hydroxylation sites is 2. The molecule has 1 N–H and O–H groups in total. The minimum Gasteiger partial charge on any atom is -0.494 e. The second-order valence-corrected chi connectivity index (χ2v) is 12.1. The summed E-state index contributed by atoms with van der Waals surface area (Å²) in [4.78, 5) is 62.3. The average molecular weight is 622 g/mol. The summed E-state index contributed by atoms with van der Waals surface area (Å²) in [7, 11) is 0. The molecule has 1 unspecified atom stereocenters. The zero-order valence-electron chi connectivity index (χ0n) is 25.4. The second kappa shape index (κ2) is 12.7. The van der Waals surface area contributed by atoms with E-state index in [2.05, 4.69) is 15.4 Å². The highest BCUT2D eigenvalue weighted by molar-refractivity contribution is 6.05. The Morgan fingerprint density at radius 1 is 0.978 bits per heavy atom. The summed E-state index contributed by atoms with van der Waals surface area (Å²) >= 11 is 0. The molecule has 0 saturated carbocycles. The summed E-state index contributed by atoms with van der Waals surface area (Å²) in [6.45, 7) is 2.18. The first-order chi connectivity index (χ1) is 22.4. The van der Waals surface area contributed by atoms with Gasteiger partial charge in [0.25, 0.3) is 5.91 Å². The Morgan fingerprint density at radius 3 is 2.63 bits per heavy atom. The molecule has 0 spiro atoms. The van der Waals surface area contributed by atoms with Crippen molar-refractivity contribution in [2.24, 2.45) is 0 Å². The first-order valence-electron chi connectivity index (χ1n) is 15.9. The molecule has 0 bridgehead atoms. The van der Waals surface area contributed by atoms with Gasteiger partial charge in [0.1, 0.15) is 11.8 Å². The molecule has 1 atom stereocenters. The van der Waals surface area contributed by atoms with Gasteiger partial charge in [0.05, 0.1) is 41.8 Å². The minimum absolute atomic E-state index is 0.163. The molecular weight excluding hydrogens is 586 g/mol. The summed E-state index contributed by atoms with van der Waals surface area (Å²) in [5.41, 5.74) is 4.80. The predicted molar refractivity (Wildman–Crippen MR) is 167 cm³/mol. The van der Waals surface area contributed by atoms with Gasteiger partial charge in [0.15, 0.2) is 0 Å². The van der Waals surface area contributed by atoms with Crippen molar-refractivity contribution in [3.63, 3.8) is 0 Å². The van der Waals surface area contributed by atoms with Gasteiger partial charge >= 0.3 is 0 Å². The molecule has 2 fully saturated rings. The lowest BCUT2D eigenvalue weighted by Crippen LogP contribution is -2.52. The molecule has 12 nitrogen and oxygen atoms in total. The molecule has 5 heterocycles. The molecule has 46 heavy (non-hydrogen) atoms. The number of carbonyl (C=O) groups excluding carboxylic acids is 4. The third-order valence-corrected chi connectivity index (χ3v) is 9.09. The Bertz CT molecular complexity index is 1810. The van der Waals surface area contributed by atoms with Crippen LogP contribution in [-0.4, -0.2) is 78.9 Å². The lowest BCUT2D eigenvalue weighted by molar-refractivity contribution is -0.137. The largest absolute Gasteiger partial charge is 0.494 e. The summed E-state index contributed by atoms with van der Waals surface area (Å²) in [5.74, 6) is -0.118. The van der Waals surface area contributed by atoms with Gasteiger partial charge in [-0.15, -0.1) is 0 Å². The Kier molecular flexibility index (Phi) is 8.17. The van der Waals surface area contributed by atoms with Gasteiger partial charge < -0.3 is 14.5 Å². The van der Waals surface area contributed by atoms with Crippen molar-refractivity contribution in [3.05, 3.63) is 72.2 Å². The number of likely N-dealkylation sites (tertiary alicyclic amines) is 1. The number of rotatable bonds is 9. The van der Waals surface area contributed by atoms with Crippen LogP contribution in [0.15, 0.2) is 61.1 Å². The van der Waals surface area contributed by atoms with E-state index < -0.39 is 11.9 Å². The number of imide groups is 1. The number of unbranched alkanes of at least 4 members (excludes halogenated alkanes) is 1. The van der Waals surface area contributed by atoms with Crippen LogP contribution in [0.5, 0.6) is 5.75 Å². The highest BCUT2D eigenvalue weighted by Gasteiger charge is 2.39. The predicted octanol–water partition coefficient (Wildman–Crippen LogP) is 3.67. The van der Waals surface area contributed by atoms with E-state index in [0.717, 1.165) is 53.5 Å². The minimum atomic E-state index is -0.639. The van der Waals surface area contributed by atoms with Gasteiger partial charge in [0, 0.05) is 49.8 Å². The number of hydrogen-bond acceptors (Lipinski definition) is 8. The second-order valence-electron chi connectivity index (χ2n) is 12.1. The Labute approximate surface area is 265 Å². The maximum absolute atomic E-state index is 12.9. The van der Waals surface area contributed by atoms with Gasteiger partial charge in [0.2, 0.25) is 17.7 Å². The van der Waals surface area contributed by atoms with Crippen molar-refractivity contribution < 1.29 is 23.9 Å². The van der Waals surface area contributed by atoms with Gasteiger partial charge in [-0.1, -0.05) is 12.1 Å². The van der Waals surface area contributed by atoms with Crippen LogP contribution in [0.25, 0.3) is 22.3 Å². The number of fused-ring (bicyclic) bond motifs is 2. The van der Waals surface area contributed by atoms with E-state index in [1.807, 2.05) is 52.3 Å². The molecule has 4 aromatic rings. The van der Waals surface area contributed by atoms with Crippen LogP contribution in [0.1, 0.15) is 66.9 Å². The third-order valence-electron chi connectivity index (χ3n) is 9.09. The maximum atomic E-state index is 12.9. The molecular formula is C34H35N7O5. The van der Waals surface area contributed by atoms with Crippen LogP contribution < -0.4 is 10.1 Å². The topological polar surface area (TPSA) is 140 Å². The van der Waals surface area contributed by atoms with E-state index in [1.54, 1.807) is 18.3 Å². The molecule has 3 aliphatic rings. The van der Waals surface area contributed by atoms with E-state index in [4.69, 9.17) is 9.72 Å². The van der Waals surface area contributed by atoms with Crippen molar-refractivity contribution in [3.8, 4) is 17.0 Å². The van der Waals surface area contributed by atoms with E-state index in [1.165, 1.54) is 4.90 Å². The monoisotopic (exact) mass is 621 g/mol. The van der Waals surface area contributed by atoms with E-state index in [-0.39, 0.29) is 30.2 Å². The lowest BCUT2D eigenvalue weighted by atomic mass is 10.0. The van der Waals surface area contributed by atoms with Crippen LogP contribution in [0.3, 0.4) is 0 Å². The van der Waals surface area contributed by atoms with E-state index >= 15 is 0 Å². The average Bonchev–Trinajstić information content (AvgIpc) is 3.69.